The van der Waals surface area contributed by atoms with Crippen LogP contribution in [0.4, 0.5) is 17.2 Å². The Kier molecular flexibility index (Phi) is 6.97. The van der Waals surface area contributed by atoms with Crippen LogP contribution in [-0.2, 0) is 21.2 Å². The number of nitrogens with one attached hydrogen (secondary N) is 1. The summed E-state index contributed by atoms with van der Waals surface area (Å²) in [6.45, 7) is 3.83. The molecule has 2 aromatic carbocycles. The molecule has 0 aliphatic carbocycles. The van der Waals surface area contributed by atoms with Gasteiger partial charge in [-0.25, -0.2) is 18.4 Å². The third-order valence-electron chi connectivity index (χ3n) is 6.55. The smallest absolute Gasteiger partial charge is 0.263 e. The third kappa shape index (κ3) is 5.39. The Balaban J connectivity index is 1.17. The standard InChI is InChI=1S/C25H27ClN6O3S/c26-20-3-8-23-19(16-20)2-1-11-32(23)17-25(33)31-14-12-30(13-15-31)21-4-6-22(7-5-21)36(34,35)29-24-9-10-27-18-28-24/h3-10,16,18H,1-2,11-15,17H2,(H,27,28,29). The highest BCUT2D eigenvalue weighted by molar-refractivity contribution is 7.92. The molecule has 2 aliphatic heterocycles. The zero-order chi connectivity index (χ0) is 25.1. The summed E-state index contributed by atoms with van der Waals surface area (Å²) in [5, 5.41) is 0.727. The van der Waals surface area contributed by atoms with Gasteiger partial charge in [0.15, 0.2) is 0 Å². The maximum Gasteiger partial charge on any atom is 0.263 e. The van der Waals surface area contributed by atoms with E-state index in [0.29, 0.717) is 32.7 Å². The monoisotopic (exact) mass is 526 g/mol. The largest absolute Gasteiger partial charge is 0.368 e. The summed E-state index contributed by atoms with van der Waals surface area (Å²) in [5.74, 6) is 0.335. The van der Waals surface area contributed by atoms with E-state index in [0.717, 1.165) is 35.8 Å². The molecule has 1 amide bonds. The van der Waals surface area contributed by atoms with Crippen molar-refractivity contribution >= 4 is 44.7 Å². The number of rotatable bonds is 6. The van der Waals surface area contributed by atoms with Gasteiger partial charge >= 0.3 is 0 Å². The number of sulfonamides is 1. The van der Waals surface area contributed by atoms with E-state index in [1.54, 1.807) is 24.3 Å². The predicted molar refractivity (Wildman–Crippen MR) is 140 cm³/mol. The fourth-order valence-corrected chi connectivity index (χ4v) is 5.87. The van der Waals surface area contributed by atoms with Gasteiger partial charge in [-0.3, -0.25) is 9.52 Å². The topological polar surface area (TPSA) is 98.7 Å². The first-order chi connectivity index (χ1) is 17.4. The molecule has 1 aromatic heterocycles. The van der Waals surface area contributed by atoms with Crippen molar-refractivity contribution in [1.29, 1.82) is 0 Å². The van der Waals surface area contributed by atoms with Gasteiger partial charge in [-0.05, 0) is 66.9 Å². The third-order valence-corrected chi connectivity index (χ3v) is 8.15. The number of nitrogens with zero attached hydrogens (tertiary/aromatic N) is 5. The van der Waals surface area contributed by atoms with Crippen LogP contribution in [-0.4, -0.2) is 68.5 Å². The SMILES string of the molecule is O=C(CN1CCCc2cc(Cl)ccc21)N1CCN(c2ccc(S(=O)(=O)Nc3ccncn3)cc2)CC1. The first kappa shape index (κ1) is 24.3. The molecule has 3 heterocycles. The molecule has 0 unspecified atom stereocenters. The quantitative estimate of drug-likeness (QED) is 0.527. The van der Waals surface area contributed by atoms with E-state index >= 15 is 0 Å². The van der Waals surface area contributed by atoms with Gasteiger partial charge in [0.25, 0.3) is 10.0 Å². The minimum Gasteiger partial charge on any atom is -0.368 e. The molecule has 0 saturated carbocycles. The lowest BCUT2D eigenvalue weighted by molar-refractivity contribution is -0.130. The maximum atomic E-state index is 13.0. The molecule has 0 atom stereocenters. The second kappa shape index (κ2) is 10.3. The maximum absolute atomic E-state index is 13.0. The fraction of sp³-hybridized carbons (Fsp3) is 0.320. The molecular formula is C25H27ClN6O3S. The lowest BCUT2D eigenvalue weighted by atomic mass is 10.0. The Hall–Kier alpha value is -3.37. The first-order valence-corrected chi connectivity index (χ1v) is 13.7. The van der Waals surface area contributed by atoms with Gasteiger partial charge in [-0.2, -0.15) is 0 Å². The Morgan fingerprint density at radius 1 is 1.00 bits per heavy atom. The second-order valence-electron chi connectivity index (χ2n) is 8.86. The Morgan fingerprint density at radius 3 is 2.50 bits per heavy atom. The summed E-state index contributed by atoms with van der Waals surface area (Å²) < 4.78 is 27.7. The highest BCUT2D eigenvalue weighted by atomic mass is 35.5. The van der Waals surface area contributed by atoms with Crippen molar-refractivity contribution < 1.29 is 13.2 Å². The summed E-state index contributed by atoms with van der Waals surface area (Å²) in [6.07, 6.45) is 4.75. The van der Waals surface area contributed by atoms with Gasteiger partial charge in [0, 0.05) is 55.3 Å². The van der Waals surface area contributed by atoms with Gasteiger partial charge in [0.2, 0.25) is 5.91 Å². The summed E-state index contributed by atoms with van der Waals surface area (Å²) in [7, 11) is -3.74. The molecule has 36 heavy (non-hydrogen) atoms. The van der Waals surface area contributed by atoms with Crippen molar-refractivity contribution in [3.8, 4) is 0 Å². The summed E-state index contributed by atoms with van der Waals surface area (Å²) in [6, 6.07) is 14.1. The number of carbonyl (C=O) groups is 1. The number of aryl methyl sites for hydroxylation is 1. The Bertz CT molecular complexity index is 1330. The van der Waals surface area contributed by atoms with Crippen LogP contribution in [0.2, 0.25) is 5.02 Å². The molecular weight excluding hydrogens is 500 g/mol. The minimum atomic E-state index is -3.74. The van der Waals surface area contributed by atoms with Gasteiger partial charge in [0.1, 0.15) is 12.1 Å². The number of carbonyl (C=O) groups excluding carboxylic acids is 1. The van der Waals surface area contributed by atoms with Crippen molar-refractivity contribution in [2.45, 2.75) is 17.7 Å². The lowest BCUT2D eigenvalue weighted by Crippen LogP contribution is -2.51. The summed E-state index contributed by atoms with van der Waals surface area (Å²) in [5.41, 5.74) is 3.22. The van der Waals surface area contributed by atoms with Gasteiger partial charge in [-0.15, -0.1) is 0 Å². The molecule has 0 radical (unpaired) electrons. The molecule has 3 aromatic rings. The number of hydrogen-bond acceptors (Lipinski definition) is 7. The summed E-state index contributed by atoms with van der Waals surface area (Å²) in [4.78, 5) is 27.1. The molecule has 9 nitrogen and oxygen atoms in total. The molecule has 1 fully saturated rings. The molecule has 1 N–H and O–H groups in total. The van der Waals surface area contributed by atoms with Crippen LogP contribution in [0.3, 0.4) is 0 Å². The lowest BCUT2D eigenvalue weighted by Gasteiger charge is -2.38. The Morgan fingerprint density at radius 2 is 1.78 bits per heavy atom. The van der Waals surface area contributed by atoms with Crippen LogP contribution in [0.5, 0.6) is 0 Å². The first-order valence-electron chi connectivity index (χ1n) is 11.8. The number of amides is 1. The van der Waals surface area contributed by atoms with Gasteiger partial charge < -0.3 is 14.7 Å². The van der Waals surface area contributed by atoms with Gasteiger partial charge in [0.05, 0.1) is 11.4 Å². The highest BCUT2D eigenvalue weighted by Gasteiger charge is 2.25. The molecule has 0 spiro atoms. The number of benzene rings is 2. The second-order valence-corrected chi connectivity index (χ2v) is 11.0. The fourth-order valence-electron chi connectivity index (χ4n) is 4.67. The van der Waals surface area contributed by atoms with E-state index in [9.17, 15) is 13.2 Å². The van der Waals surface area contributed by atoms with Crippen molar-refractivity contribution in [3.05, 3.63) is 71.6 Å². The zero-order valence-electron chi connectivity index (χ0n) is 19.7. The molecule has 5 rings (SSSR count). The zero-order valence-corrected chi connectivity index (χ0v) is 21.2. The number of anilines is 3. The van der Waals surface area contributed by atoms with E-state index in [1.807, 2.05) is 23.1 Å². The van der Waals surface area contributed by atoms with E-state index in [-0.39, 0.29) is 16.6 Å². The number of hydrogen-bond donors (Lipinski definition) is 1. The predicted octanol–water partition coefficient (Wildman–Crippen LogP) is 3.03. The van der Waals surface area contributed by atoms with Crippen LogP contribution in [0, 0.1) is 0 Å². The van der Waals surface area contributed by atoms with E-state index in [1.165, 1.54) is 24.2 Å². The van der Waals surface area contributed by atoms with E-state index in [4.69, 9.17) is 11.6 Å². The normalized spacial score (nSPS) is 16.0. The van der Waals surface area contributed by atoms with Crippen molar-refractivity contribution in [3.63, 3.8) is 0 Å². The van der Waals surface area contributed by atoms with Crippen LogP contribution < -0.4 is 14.5 Å². The number of halogens is 1. The molecule has 1 saturated heterocycles. The number of fused-ring (bicyclic) bond motifs is 1. The van der Waals surface area contributed by atoms with Crippen LogP contribution in [0.15, 0.2) is 66.0 Å². The highest BCUT2D eigenvalue weighted by Crippen LogP contribution is 2.29. The van der Waals surface area contributed by atoms with E-state index < -0.39 is 10.0 Å². The summed E-state index contributed by atoms with van der Waals surface area (Å²) >= 11 is 6.14. The van der Waals surface area contributed by atoms with Crippen LogP contribution >= 0.6 is 11.6 Å². The van der Waals surface area contributed by atoms with Crippen molar-refractivity contribution in [2.75, 3.05) is 53.8 Å². The molecule has 2 aliphatic rings. The van der Waals surface area contributed by atoms with Crippen molar-refractivity contribution in [2.24, 2.45) is 0 Å². The average molecular weight is 527 g/mol. The van der Waals surface area contributed by atoms with E-state index in [2.05, 4.69) is 24.5 Å². The van der Waals surface area contributed by atoms with Gasteiger partial charge in [-0.1, -0.05) is 11.6 Å². The number of piperazine rings is 1. The molecule has 188 valence electrons. The van der Waals surface area contributed by atoms with Crippen molar-refractivity contribution in [1.82, 2.24) is 14.9 Å². The minimum absolute atomic E-state index is 0.120. The molecule has 0 bridgehead atoms. The number of aromatic nitrogens is 2. The van der Waals surface area contributed by atoms with Crippen LogP contribution in [0.25, 0.3) is 0 Å². The van der Waals surface area contributed by atoms with Crippen LogP contribution in [0.1, 0.15) is 12.0 Å². The average Bonchev–Trinajstić information content (AvgIpc) is 2.89. The Labute approximate surface area is 215 Å². The molecule has 11 heteroatoms.